The van der Waals surface area contributed by atoms with Crippen LogP contribution in [0.5, 0.6) is 0 Å². The SMILES string of the molecule is CC(C)NCc1ccncc1C1CCC(NC(C)C)CC1. The Morgan fingerprint density at radius 2 is 1.81 bits per heavy atom. The predicted octanol–water partition coefficient (Wildman–Crippen LogP) is 3.60. The highest BCUT2D eigenvalue weighted by Crippen LogP contribution is 2.34. The zero-order chi connectivity index (χ0) is 15.2. The molecule has 21 heavy (non-hydrogen) atoms. The van der Waals surface area contributed by atoms with Gasteiger partial charge in [-0.2, -0.15) is 0 Å². The molecule has 0 aromatic carbocycles. The number of nitrogens with one attached hydrogen (secondary N) is 2. The first kappa shape index (κ1) is 16.4. The van der Waals surface area contributed by atoms with Crippen LogP contribution >= 0.6 is 0 Å². The molecule has 0 unspecified atom stereocenters. The lowest BCUT2D eigenvalue weighted by Gasteiger charge is -2.31. The first-order valence-electron chi connectivity index (χ1n) is 8.48. The van der Waals surface area contributed by atoms with E-state index in [1.165, 1.54) is 36.8 Å². The van der Waals surface area contributed by atoms with E-state index in [9.17, 15) is 0 Å². The second kappa shape index (κ2) is 7.90. The maximum absolute atomic E-state index is 4.37. The molecule has 0 bridgehead atoms. The maximum Gasteiger partial charge on any atom is 0.0305 e. The number of rotatable bonds is 6. The van der Waals surface area contributed by atoms with Crippen molar-refractivity contribution in [1.82, 2.24) is 15.6 Å². The molecule has 118 valence electrons. The highest BCUT2D eigenvalue weighted by atomic mass is 14.9. The smallest absolute Gasteiger partial charge is 0.0305 e. The minimum atomic E-state index is 0.525. The lowest BCUT2D eigenvalue weighted by Crippen LogP contribution is -2.37. The Labute approximate surface area is 129 Å². The quantitative estimate of drug-likeness (QED) is 0.840. The van der Waals surface area contributed by atoms with Gasteiger partial charge in [0.2, 0.25) is 0 Å². The first-order chi connectivity index (χ1) is 10.1. The van der Waals surface area contributed by atoms with Gasteiger partial charge in [0.05, 0.1) is 0 Å². The molecule has 1 heterocycles. The molecular formula is C18H31N3. The largest absolute Gasteiger partial charge is 0.312 e. The van der Waals surface area contributed by atoms with Gasteiger partial charge >= 0.3 is 0 Å². The molecule has 0 saturated heterocycles. The molecule has 1 saturated carbocycles. The van der Waals surface area contributed by atoms with Crippen molar-refractivity contribution in [3.63, 3.8) is 0 Å². The van der Waals surface area contributed by atoms with E-state index in [4.69, 9.17) is 0 Å². The van der Waals surface area contributed by atoms with E-state index in [1.54, 1.807) is 0 Å². The number of pyridine rings is 1. The zero-order valence-corrected chi connectivity index (χ0v) is 14.0. The molecule has 3 nitrogen and oxygen atoms in total. The Morgan fingerprint density at radius 3 is 2.43 bits per heavy atom. The summed E-state index contributed by atoms with van der Waals surface area (Å²) in [6.45, 7) is 9.83. The van der Waals surface area contributed by atoms with Crippen molar-refractivity contribution in [3.05, 3.63) is 29.6 Å². The van der Waals surface area contributed by atoms with Gasteiger partial charge < -0.3 is 10.6 Å². The summed E-state index contributed by atoms with van der Waals surface area (Å²) in [4.78, 5) is 4.37. The molecule has 2 N–H and O–H groups in total. The summed E-state index contributed by atoms with van der Waals surface area (Å²) < 4.78 is 0. The van der Waals surface area contributed by atoms with Crippen LogP contribution in [0.1, 0.15) is 70.4 Å². The number of nitrogens with zero attached hydrogens (tertiary/aromatic N) is 1. The lowest BCUT2D eigenvalue weighted by molar-refractivity contribution is 0.324. The van der Waals surface area contributed by atoms with Crippen molar-refractivity contribution < 1.29 is 0 Å². The molecule has 0 atom stereocenters. The van der Waals surface area contributed by atoms with Gasteiger partial charge in [-0.05, 0) is 48.8 Å². The Bertz CT molecular complexity index is 420. The fourth-order valence-electron chi connectivity index (χ4n) is 3.32. The van der Waals surface area contributed by atoms with E-state index >= 15 is 0 Å². The Kier molecular flexibility index (Phi) is 6.19. The van der Waals surface area contributed by atoms with Crippen LogP contribution in [-0.4, -0.2) is 23.1 Å². The van der Waals surface area contributed by atoms with Gasteiger partial charge in [-0.3, -0.25) is 4.98 Å². The van der Waals surface area contributed by atoms with Crippen molar-refractivity contribution in [2.75, 3.05) is 0 Å². The summed E-state index contributed by atoms with van der Waals surface area (Å²) in [5, 5.41) is 7.22. The number of aromatic nitrogens is 1. The van der Waals surface area contributed by atoms with Crippen LogP contribution in [0.25, 0.3) is 0 Å². The minimum Gasteiger partial charge on any atom is -0.312 e. The zero-order valence-electron chi connectivity index (χ0n) is 14.0. The molecular weight excluding hydrogens is 258 g/mol. The fourth-order valence-corrected chi connectivity index (χ4v) is 3.32. The fraction of sp³-hybridized carbons (Fsp3) is 0.722. The van der Waals surface area contributed by atoms with Crippen LogP contribution in [0, 0.1) is 0 Å². The predicted molar refractivity (Wildman–Crippen MR) is 89.5 cm³/mol. The summed E-state index contributed by atoms with van der Waals surface area (Å²) >= 11 is 0. The minimum absolute atomic E-state index is 0.525. The van der Waals surface area contributed by atoms with Crippen LogP contribution in [0.15, 0.2) is 18.5 Å². The summed E-state index contributed by atoms with van der Waals surface area (Å²) in [5.74, 6) is 0.688. The molecule has 1 aliphatic rings. The van der Waals surface area contributed by atoms with Crippen molar-refractivity contribution in [3.8, 4) is 0 Å². The van der Waals surface area contributed by atoms with Gasteiger partial charge in [-0.25, -0.2) is 0 Å². The summed E-state index contributed by atoms with van der Waals surface area (Å²) in [5.41, 5.74) is 2.90. The van der Waals surface area contributed by atoms with Crippen LogP contribution in [-0.2, 0) is 6.54 Å². The molecule has 1 aromatic heterocycles. The van der Waals surface area contributed by atoms with Gasteiger partial charge in [0, 0.05) is 37.1 Å². The number of hydrogen-bond donors (Lipinski definition) is 2. The molecule has 0 amide bonds. The van der Waals surface area contributed by atoms with Crippen LogP contribution in [0.4, 0.5) is 0 Å². The van der Waals surface area contributed by atoms with E-state index in [0.29, 0.717) is 24.0 Å². The lowest BCUT2D eigenvalue weighted by atomic mass is 9.80. The van der Waals surface area contributed by atoms with E-state index in [1.807, 2.05) is 6.20 Å². The van der Waals surface area contributed by atoms with Gasteiger partial charge in [0.25, 0.3) is 0 Å². The molecule has 1 aromatic rings. The Morgan fingerprint density at radius 1 is 1.10 bits per heavy atom. The Hall–Kier alpha value is -0.930. The average molecular weight is 289 g/mol. The molecule has 2 rings (SSSR count). The second-order valence-corrected chi connectivity index (χ2v) is 6.98. The summed E-state index contributed by atoms with van der Waals surface area (Å²) in [6.07, 6.45) is 9.16. The van der Waals surface area contributed by atoms with E-state index in [-0.39, 0.29) is 0 Å². The molecule has 1 aliphatic carbocycles. The summed E-state index contributed by atoms with van der Waals surface area (Å²) in [7, 11) is 0. The molecule has 0 radical (unpaired) electrons. The van der Waals surface area contributed by atoms with Crippen molar-refractivity contribution in [2.24, 2.45) is 0 Å². The highest BCUT2D eigenvalue weighted by molar-refractivity contribution is 5.27. The summed E-state index contributed by atoms with van der Waals surface area (Å²) in [6, 6.07) is 4.01. The Balaban J connectivity index is 1.96. The van der Waals surface area contributed by atoms with E-state index < -0.39 is 0 Å². The molecule has 0 spiro atoms. The second-order valence-electron chi connectivity index (χ2n) is 6.98. The third kappa shape index (κ3) is 5.08. The van der Waals surface area contributed by atoms with Gasteiger partial charge in [-0.1, -0.05) is 27.7 Å². The van der Waals surface area contributed by atoms with E-state index in [2.05, 4.69) is 55.6 Å². The molecule has 1 fully saturated rings. The van der Waals surface area contributed by atoms with Crippen molar-refractivity contribution >= 4 is 0 Å². The topological polar surface area (TPSA) is 37.0 Å². The normalized spacial score (nSPS) is 23.0. The van der Waals surface area contributed by atoms with Crippen LogP contribution in [0.2, 0.25) is 0 Å². The van der Waals surface area contributed by atoms with E-state index in [0.717, 1.165) is 6.54 Å². The first-order valence-corrected chi connectivity index (χ1v) is 8.48. The van der Waals surface area contributed by atoms with Crippen LogP contribution in [0.3, 0.4) is 0 Å². The van der Waals surface area contributed by atoms with Gasteiger partial charge in [-0.15, -0.1) is 0 Å². The standard InChI is InChI=1S/C18H31N3/c1-13(2)20-11-16-9-10-19-12-18(16)15-5-7-17(8-6-15)21-14(3)4/h9-10,12-15,17,20-21H,5-8,11H2,1-4H3. The molecule has 3 heteroatoms. The van der Waals surface area contributed by atoms with Gasteiger partial charge in [0.1, 0.15) is 0 Å². The van der Waals surface area contributed by atoms with Crippen molar-refractivity contribution in [1.29, 1.82) is 0 Å². The third-order valence-corrected chi connectivity index (χ3v) is 4.38. The maximum atomic E-state index is 4.37. The average Bonchev–Trinajstić information content (AvgIpc) is 2.46. The van der Waals surface area contributed by atoms with Crippen molar-refractivity contribution in [2.45, 2.75) is 84.0 Å². The number of hydrogen-bond acceptors (Lipinski definition) is 3. The highest BCUT2D eigenvalue weighted by Gasteiger charge is 2.24. The van der Waals surface area contributed by atoms with Gasteiger partial charge in [0.15, 0.2) is 0 Å². The monoisotopic (exact) mass is 289 g/mol. The third-order valence-electron chi connectivity index (χ3n) is 4.38. The molecule has 0 aliphatic heterocycles. The van der Waals surface area contributed by atoms with Crippen LogP contribution < -0.4 is 10.6 Å².